The van der Waals surface area contributed by atoms with Crippen LogP contribution in [0.2, 0.25) is 0 Å². The number of ether oxygens (including phenoxy) is 1. The number of halogens is 2. The van der Waals surface area contributed by atoms with E-state index in [0.717, 1.165) is 16.7 Å². The molecule has 9 nitrogen and oxygen atoms in total. The first-order valence-corrected chi connectivity index (χ1v) is 9.55. The molecule has 1 heterocycles. The Hall–Kier alpha value is -4.41. The van der Waals surface area contributed by atoms with Crippen LogP contribution in [0.15, 0.2) is 59.5 Å². The quantitative estimate of drug-likeness (QED) is 0.428. The molecule has 0 aliphatic carbocycles. The van der Waals surface area contributed by atoms with Crippen molar-refractivity contribution in [2.45, 2.75) is 12.5 Å². The molecule has 0 spiro atoms. The van der Waals surface area contributed by atoms with Crippen molar-refractivity contribution in [2.75, 3.05) is 5.32 Å². The first-order chi connectivity index (χ1) is 15.6. The smallest absolute Gasteiger partial charge is 0.319 e. The summed E-state index contributed by atoms with van der Waals surface area (Å²) in [6.07, 6.45) is 0.782. The van der Waals surface area contributed by atoms with Gasteiger partial charge in [0.05, 0.1) is 12.5 Å². The molecule has 3 aromatic rings. The number of hydrogen-bond acceptors (Lipinski definition) is 5. The summed E-state index contributed by atoms with van der Waals surface area (Å²) >= 11 is 0. The Kier molecular flexibility index (Phi) is 6.91. The van der Waals surface area contributed by atoms with Crippen molar-refractivity contribution in [1.82, 2.24) is 9.88 Å². The molecule has 1 unspecified atom stereocenters. The van der Waals surface area contributed by atoms with E-state index in [2.05, 4.69) is 10.6 Å². The minimum atomic E-state index is -1.23. The van der Waals surface area contributed by atoms with Gasteiger partial charge in [-0.1, -0.05) is 12.1 Å². The minimum Gasteiger partial charge on any atom is -0.505 e. The third-order valence-corrected chi connectivity index (χ3v) is 4.55. The number of pyridine rings is 1. The number of aliphatic carboxylic acids is 1. The Morgan fingerprint density at radius 2 is 1.91 bits per heavy atom. The predicted octanol–water partition coefficient (Wildman–Crippen LogP) is 3.50. The van der Waals surface area contributed by atoms with E-state index >= 15 is 0 Å². The lowest BCUT2D eigenvalue weighted by Crippen LogP contribution is -2.35. The molecule has 0 radical (unpaired) electrons. The highest BCUT2D eigenvalue weighted by Crippen LogP contribution is 2.28. The number of urea groups is 1. The van der Waals surface area contributed by atoms with Crippen molar-refractivity contribution in [2.24, 2.45) is 7.05 Å². The Labute approximate surface area is 185 Å². The van der Waals surface area contributed by atoms with Crippen LogP contribution in [0.4, 0.5) is 19.3 Å². The highest BCUT2D eigenvalue weighted by atomic mass is 19.1. The van der Waals surface area contributed by atoms with Crippen LogP contribution in [0.1, 0.15) is 18.0 Å². The van der Waals surface area contributed by atoms with Crippen LogP contribution in [0, 0.1) is 11.6 Å². The molecule has 3 rings (SSSR count). The van der Waals surface area contributed by atoms with Gasteiger partial charge in [0.1, 0.15) is 17.3 Å². The summed E-state index contributed by atoms with van der Waals surface area (Å²) in [7, 11) is 1.42. The van der Waals surface area contributed by atoms with Crippen molar-refractivity contribution >= 4 is 17.7 Å². The van der Waals surface area contributed by atoms with Crippen molar-refractivity contribution in [3.8, 4) is 17.2 Å². The average Bonchev–Trinajstić information content (AvgIpc) is 2.75. The molecule has 0 saturated carbocycles. The number of carboxylic acids is 1. The summed E-state index contributed by atoms with van der Waals surface area (Å²) in [6, 6.07) is 7.85. The fourth-order valence-electron chi connectivity index (χ4n) is 2.95. The third kappa shape index (κ3) is 5.85. The number of rotatable bonds is 7. The SMILES string of the molecule is Cn1ccc(O)c(NC(=O)NC(CC(=O)O)c2cccc(Oc3ccc(F)cc3F)c2)c1=O. The number of nitrogens with one attached hydrogen (secondary N) is 2. The lowest BCUT2D eigenvalue weighted by molar-refractivity contribution is -0.137. The number of aromatic nitrogens is 1. The van der Waals surface area contributed by atoms with E-state index in [9.17, 15) is 33.4 Å². The van der Waals surface area contributed by atoms with Gasteiger partial charge in [0.25, 0.3) is 5.56 Å². The van der Waals surface area contributed by atoms with Crippen LogP contribution in [0.3, 0.4) is 0 Å². The van der Waals surface area contributed by atoms with Crippen LogP contribution in [-0.2, 0) is 11.8 Å². The molecular weight excluding hydrogens is 440 g/mol. The van der Waals surface area contributed by atoms with E-state index < -0.39 is 47.4 Å². The number of nitrogens with zero attached hydrogens (tertiary/aromatic N) is 1. The summed E-state index contributed by atoms with van der Waals surface area (Å²) in [5.74, 6) is -3.52. The summed E-state index contributed by atoms with van der Waals surface area (Å²) in [6.45, 7) is 0. The predicted molar refractivity (Wildman–Crippen MR) is 113 cm³/mol. The molecule has 0 bridgehead atoms. The summed E-state index contributed by atoms with van der Waals surface area (Å²) in [5.41, 5.74) is -0.746. The minimum absolute atomic E-state index is 0.116. The van der Waals surface area contributed by atoms with E-state index in [1.807, 2.05) is 0 Å². The van der Waals surface area contributed by atoms with Gasteiger partial charge in [0.15, 0.2) is 17.3 Å². The van der Waals surface area contributed by atoms with Gasteiger partial charge in [0, 0.05) is 19.3 Å². The van der Waals surface area contributed by atoms with Gasteiger partial charge >= 0.3 is 12.0 Å². The van der Waals surface area contributed by atoms with Gasteiger partial charge in [0.2, 0.25) is 0 Å². The Morgan fingerprint density at radius 1 is 1.15 bits per heavy atom. The second-order valence-corrected chi connectivity index (χ2v) is 6.99. The van der Waals surface area contributed by atoms with Crippen molar-refractivity contribution < 1.29 is 33.3 Å². The lowest BCUT2D eigenvalue weighted by atomic mass is 10.0. The Bertz CT molecular complexity index is 1260. The summed E-state index contributed by atoms with van der Waals surface area (Å²) in [4.78, 5) is 35.9. The van der Waals surface area contributed by atoms with Crippen LogP contribution in [0.5, 0.6) is 17.2 Å². The molecule has 33 heavy (non-hydrogen) atoms. The van der Waals surface area contributed by atoms with Gasteiger partial charge in [-0.2, -0.15) is 0 Å². The van der Waals surface area contributed by atoms with Gasteiger partial charge in [-0.05, 0) is 35.9 Å². The molecule has 0 fully saturated rings. The zero-order chi connectivity index (χ0) is 24.1. The molecule has 4 N–H and O–H groups in total. The number of aromatic hydroxyl groups is 1. The zero-order valence-electron chi connectivity index (χ0n) is 17.2. The maximum atomic E-state index is 13.9. The van der Waals surface area contributed by atoms with E-state index in [1.54, 1.807) is 0 Å². The standard InChI is InChI=1S/C22H19F2N3O6/c1-27-8-7-17(28)20(21(27)31)26-22(32)25-16(11-19(29)30)12-3-2-4-14(9-12)33-18-6-5-13(23)10-15(18)24/h2-10,16,28H,11H2,1H3,(H,29,30)(H2,25,26,32). The molecule has 172 valence electrons. The van der Waals surface area contributed by atoms with E-state index in [1.165, 1.54) is 43.6 Å². The van der Waals surface area contributed by atoms with Crippen LogP contribution < -0.4 is 20.9 Å². The lowest BCUT2D eigenvalue weighted by Gasteiger charge is -2.19. The Morgan fingerprint density at radius 3 is 2.61 bits per heavy atom. The number of hydrogen-bond donors (Lipinski definition) is 4. The number of amides is 2. The van der Waals surface area contributed by atoms with E-state index in [0.29, 0.717) is 11.6 Å². The molecule has 2 amide bonds. The first-order valence-electron chi connectivity index (χ1n) is 9.55. The molecule has 11 heteroatoms. The van der Waals surface area contributed by atoms with Crippen molar-refractivity contribution in [1.29, 1.82) is 0 Å². The molecule has 1 aromatic heterocycles. The normalized spacial score (nSPS) is 11.5. The van der Waals surface area contributed by atoms with Crippen molar-refractivity contribution in [3.05, 3.63) is 82.3 Å². The topological polar surface area (TPSA) is 130 Å². The molecule has 2 aromatic carbocycles. The largest absolute Gasteiger partial charge is 0.505 e. The first kappa shape index (κ1) is 23.3. The van der Waals surface area contributed by atoms with Gasteiger partial charge in [-0.3, -0.25) is 9.59 Å². The monoisotopic (exact) mass is 459 g/mol. The summed E-state index contributed by atoms with van der Waals surface area (Å²) in [5, 5.41) is 23.8. The number of aryl methyl sites for hydroxylation is 1. The van der Waals surface area contributed by atoms with Crippen LogP contribution in [-0.4, -0.2) is 26.8 Å². The van der Waals surface area contributed by atoms with E-state index in [4.69, 9.17) is 4.74 Å². The number of carbonyl (C=O) groups is 2. The molecule has 0 aliphatic heterocycles. The molecule has 1 atom stereocenters. The highest BCUT2D eigenvalue weighted by Gasteiger charge is 2.21. The van der Waals surface area contributed by atoms with Gasteiger partial charge in [-0.25, -0.2) is 13.6 Å². The van der Waals surface area contributed by atoms with Crippen LogP contribution >= 0.6 is 0 Å². The second-order valence-electron chi connectivity index (χ2n) is 6.99. The maximum absolute atomic E-state index is 13.9. The third-order valence-electron chi connectivity index (χ3n) is 4.55. The van der Waals surface area contributed by atoms with Crippen molar-refractivity contribution in [3.63, 3.8) is 0 Å². The van der Waals surface area contributed by atoms with Gasteiger partial charge < -0.3 is 30.2 Å². The van der Waals surface area contributed by atoms with E-state index in [-0.39, 0.29) is 17.2 Å². The van der Waals surface area contributed by atoms with Gasteiger partial charge in [-0.15, -0.1) is 0 Å². The fourth-order valence-corrected chi connectivity index (χ4v) is 2.95. The van der Waals surface area contributed by atoms with Crippen LogP contribution in [0.25, 0.3) is 0 Å². The average molecular weight is 459 g/mol. The Balaban J connectivity index is 1.82. The number of anilines is 1. The summed E-state index contributed by atoms with van der Waals surface area (Å²) < 4.78 is 33.5. The molecular formula is C22H19F2N3O6. The number of carboxylic acid groups (broad SMARTS) is 1. The number of carbonyl (C=O) groups excluding carboxylic acids is 1. The maximum Gasteiger partial charge on any atom is 0.319 e. The highest BCUT2D eigenvalue weighted by molar-refractivity contribution is 5.91. The second kappa shape index (κ2) is 9.81. The zero-order valence-corrected chi connectivity index (χ0v) is 17.2. The molecule has 0 aliphatic rings. The number of benzene rings is 2. The fraction of sp³-hybridized carbons (Fsp3) is 0.136. The molecule has 0 saturated heterocycles.